The van der Waals surface area contributed by atoms with Gasteiger partial charge in [-0.25, -0.2) is 0 Å². The van der Waals surface area contributed by atoms with Gasteiger partial charge < -0.3 is 9.73 Å². The van der Waals surface area contributed by atoms with E-state index in [0.29, 0.717) is 6.04 Å². The van der Waals surface area contributed by atoms with Crippen molar-refractivity contribution in [2.75, 3.05) is 0 Å². The molecule has 1 aromatic heterocycles. The molecule has 0 bridgehead atoms. The molecule has 18 heavy (non-hydrogen) atoms. The lowest BCUT2D eigenvalue weighted by Gasteiger charge is -2.03. The van der Waals surface area contributed by atoms with Gasteiger partial charge in [-0.05, 0) is 44.0 Å². The minimum absolute atomic E-state index is 0.695. The van der Waals surface area contributed by atoms with Gasteiger partial charge in [-0.15, -0.1) is 0 Å². The Balaban J connectivity index is 1.80. The smallest absolute Gasteiger partial charge is 0.135 e. The molecular formula is C15H16ClNO. The zero-order valence-corrected chi connectivity index (χ0v) is 11.1. The Labute approximate surface area is 112 Å². The maximum atomic E-state index is 6.20. The van der Waals surface area contributed by atoms with Gasteiger partial charge in [0.05, 0.1) is 11.6 Å². The molecule has 0 saturated heterocycles. The summed E-state index contributed by atoms with van der Waals surface area (Å²) in [5.74, 6) is 1.81. The topological polar surface area (TPSA) is 25.2 Å². The van der Waals surface area contributed by atoms with Crippen molar-refractivity contribution in [3.8, 4) is 11.3 Å². The molecule has 0 spiro atoms. The molecule has 0 amide bonds. The van der Waals surface area contributed by atoms with E-state index in [4.69, 9.17) is 16.0 Å². The molecule has 2 aromatic rings. The average Bonchev–Trinajstić information content (AvgIpc) is 3.08. The van der Waals surface area contributed by atoms with E-state index in [2.05, 4.69) is 18.3 Å². The highest BCUT2D eigenvalue weighted by Crippen LogP contribution is 2.30. The predicted octanol–water partition coefficient (Wildman–Crippen LogP) is 4.16. The molecule has 1 aliphatic rings. The normalized spacial score (nSPS) is 15.0. The molecule has 1 N–H and O–H groups in total. The number of furan rings is 1. The highest BCUT2D eigenvalue weighted by Gasteiger charge is 2.20. The van der Waals surface area contributed by atoms with Crippen LogP contribution in [0.3, 0.4) is 0 Å². The largest absolute Gasteiger partial charge is 0.460 e. The fourth-order valence-electron chi connectivity index (χ4n) is 1.98. The molecule has 1 aliphatic carbocycles. The van der Waals surface area contributed by atoms with E-state index in [1.807, 2.05) is 24.3 Å². The number of hydrogen-bond acceptors (Lipinski definition) is 2. The minimum Gasteiger partial charge on any atom is -0.460 e. The molecule has 94 valence electrons. The zero-order valence-electron chi connectivity index (χ0n) is 10.4. The summed E-state index contributed by atoms with van der Waals surface area (Å²) >= 11 is 6.20. The quantitative estimate of drug-likeness (QED) is 0.894. The molecular weight excluding hydrogens is 246 g/mol. The summed E-state index contributed by atoms with van der Waals surface area (Å²) in [5, 5.41) is 4.17. The van der Waals surface area contributed by atoms with Gasteiger partial charge in [-0.2, -0.15) is 0 Å². The molecule has 3 rings (SSSR count). The zero-order chi connectivity index (χ0) is 12.5. The van der Waals surface area contributed by atoms with Gasteiger partial charge in [0, 0.05) is 11.6 Å². The van der Waals surface area contributed by atoms with Gasteiger partial charge in [0.25, 0.3) is 0 Å². The minimum atomic E-state index is 0.695. The summed E-state index contributed by atoms with van der Waals surface area (Å²) in [6.45, 7) is 2.85. The third-order valence-corrected chi connectivity index (χ3v) is 3.52. The second kappa shape index (κ2) is 4.79. The first-order chi connectivity index (χ1) is 8.72. The van der Waals surface area contributed by atoms with Crippen LogP contribution in [0.25, 0.3) is 11.3 Å². The second-order valence-electron chi connectivity index (χ2n) is 4.90. The molecule has 1 saturated carbocycles. The third-order valence-electron chi connectivity index (χ3n) is 3.19. The van der Waals surface area contributed by atoms with Gasteiger partial charge in [0.2, 0.25) is 0 Å². The van der Waals surface area contributed by atoms with Crippen LogP contribution in [0.2, 0.25) is 5.02 Å². The molecule has 0 atom stereocenters. The van der Waals surface area contributed by atoms with Crippen LogP contribution in [0.1, 0.15) is 24.2 Å². The molecule has 1 fully saturated rings. The predicted molar refractivity (Wildman–Crippen MR) is 73.8 cm³/mol. The maximum Gasteiger partial charge on any atom is 0.135 e. The van der Waals surface area contributed by atoms with E-state index in [0.717, 1.165) is 28.7 Å². The summed E-state index contributed by atoms with van der Waals surface area (Å²) in [5.41, 5.74) is 2.15. The standard InChI is InChI=1S/C15H16ClNO/c1-10-2-6-14(16)13(8-10)15-7-5-12(18-15)9-17-11-3-4-11/h2,5-8,11,17H,3-4,9H2,1H3. The van der Waals surface area contributed by atoms with Crippen LogP contribution >= 0.6 is 11.6 Å². The summed E-state index contributed by atoms with van der Waals surface area (Å²) in [4.78, 5) is 0. The average molecular weight is 262 g/mol. The Morgan fingerprint density at radius 3 is 2.89 bits per heavy atom. The first-order valence-electron chi connectivity index (χ1n) is 6.31. The molecule has 1 heterocycles. The Hall–Kier alpha value is -1.25. The lowest BCUT2D eigenvalue weighted by Crippen LogP contribution is -2.14. The van der Waals surface area contributed by atoms with Crippen molar-refractivity contribution >= 4 is 11.6 Å². The Morgan fingerprint density at radius 1 is 1.28 bits per heavy atom. The Kier molecular flexibility index (Phi) is 3.14. The van der Waals surface area contributed by atoms with E-state index < -0.39 is 0 Å². The lowest BCUT2D eigenvalue weighted by atomic mass is 10.1. The molecule has 0 radical (unpaired) electrons. The van der Waals surface area contributed by atoms with Gasteiger partial charge >= 0.3 is 0 Å². The van der Waals surface area contributed by atoms with Crippen LogP contribution in [0, 0.1) is 6.92 Å². The van der Waals surface area contributed by atoms with E-state index in [1.165, 1.54) is 18.4 Å². The lowest BCUT2D eigenvalue weighted by molar-refractivity contribution is 0.492. The number of nitrogens with one attached hydrogen (secondary N) is 1. The van der Waals surface area contributed by atoms with Gasteiger partial charge in [-0.3, -0.25) is 0 Å². The fraction of sp³-hybridized carbons (Fsp3) is 0.333. The molecule has 3 heteroatoms. The van der Waals surface area contributed by atoms with Gasteiger partial charge in [-0.1, -0.05) is 23.2 Å². The van der Waals surface area contributed by atoms with E-state index in [-0.39, 0.29) is 0 Å². The monoisotopic (exact) mass is 261 g/mol. The van der Waals surface area contributed by atoms with E-state index >= 15 is 0 Å². The number of halogens is 1. The number of rotatable bonds is 4. The Morgan fingerprint density at radius 2 is 2.11 bits per heavy atom. The van der Waals surface area contributed by atoms with E-state index in [1.54, 1.807) is 0 Å². The van der Waals surface area contributed by atoms with Crippen LogP contribution in [0.5, 0.6) is 0 Å². The van der Waals surface area contributed by atoms with Crippen molar-refractivity contribution in [1.82, 2.24) is 5.32 Å². The molecule has 2 nitrogen and oxygen atoms in total. The summed E-state index contributed by atoms with van der Waals surface area (Å²) in [6, 6.07) is 10.7. The first-order valence-corrected chi connectivity index (χ1v) is 6.69. The van der Waals surface area contributed by atoms with Crippen molar-refractivity contribution in [1.29, 1.82) is 0 Å². The summed E-state index contributed by atoms with van der Waals surface area (Å²) in [7, 11) is 0. The van der Waals surface area contributed by atoms with Crippen molar-refractivity contribution < 1.29 is 4.42 Å². The maximum absolute atomic E-state index is 6.20. The van der Waals surface area contributed by atoms with Crippen molar-refractivity contribution in [3.63, 3.8) is 0 Å². The van der Waals surface area contributed by atoms with Crippen LogP contribution < -0.4 is 5.32 Å². The third kappa shape index (κ3) is 2.60. The van der Waals surface area contributed by atoms with Crippen molar-refractivity contribution in [2.45, 2.75) is 32.4 Å². The van der Waals surface area contributed by atoms with Crippen LogP contribution in [0.15, 0.2) is 34.7 Å². The second-order valence-corrected chi connectivity index (χ2v) is 5.31. The van der Waals surface area contributed by atoms with Crippen LogP contribution in [-0.4, -0.2) is 6.04 Å². The van der Waals surface area contributed by atoms with Gasteiger partial charge in [0.15, 0.2) is 0 Å². The first kappa shape index (κ1) is 11.8. The number of aryl methyl sites for hydroxylation is 1. The number of benzene rings is 1. The van der Waals surface area contributed by atoms with Crippen molar-refractivity contribution in [3.05, 3.63) is 46.7 Å². The van der Waals surface area contributed by atoms with Gasteiger partial charge in [0.1, 0.15) is 11.5 Å². The summed E-state index contributed by atoms with van der Waals surface area (Å²) in [6.07, 6.45) is 2.58. The number of hydrogen-bond donors (Lipinski definition) is 1. The van der Waals surface area contributed by atoms with Crippen LogP contribution in [0.4, 0.5) is 0 Å². The van der Waals surface area contributed by atoms with Crippen molar-refractivity contribution in [2.24, 2.45) is 0 Å². The highest BCUT2D eigenvalue weighted by atomic mass is 35.5. The highest BCUT2D eigenvalue weighted by molar-refractivity contribution is 6.33. The van der Waals surface area contributed by atoms with Crippen LogP contribution in [-0.2, 0) is 6.54 Å². The Bertz CT molecular complexity index is 557. The SMILES string of the molecule is Cc1ccc(Cl)c(-c2ccc(CNC3CC3)o2)c1. The van der Waals surface area contributed by atoms with E-state index in [9.17, 15) is 0 Å². The molecule has 1 aromatic carbocycles. The fourth-order valence-corrected chi connectivity index (χ4v) is 2.19. The summed E-state index contributed by atoms with van der Waals surface area (Å²) < 4.78 is 5.84. The molecule has 0 unspecified atom stereocenters. The molecule has 0 aliphatic heterocycles.